The molecule has 0 aromatic carbocycles. The van der Waals surface area contributed by atoms with Crippen LogP contribution in [0, 0.1) is 13.8 Å². The van der Waals surface area contributed by atoms with Crippen LogP contribution in [0.3, 0.4) is 0 Å². The van der Waals surface area contributed by atoms with Gasteiger partial charge in [0.15, 0.2) is 11.0 Å². The van der Waals surface area contributed by atoms with Crippen molar-refractivity contribution in [2.24, 2.45) is 0 Å². The van der Waals surface area contributed by atoms with Crippen LogP contribution in [0.15, 0.2) is 24.4 Å². The van der Waals surface area contributed by atoms with Crippen molar-refractivity contribution < 1.29 is 0 Å². The highest BCUT2D eigenvalue weighted by atomic mass is 35.5. The molecule has 0 bridgehead atoms. The van der Waals surface area contributed by atoms with E-state index in [9.17, 15) is 0 Å². The minimum Gasteiger partial charge on any atom is -0.353 e. The molecular weight excluding hydrogens is 286 g/mol. The van der Waals surface area contributed by atoms with E-state index in [-0.39, 0.29) is 0 Å². The van der Waals surface area contributed by atoms with Gasteiger partial charge in [0.05, 0.1) is 11.4 Å². The Balaban J connectivity index is 1.73. The number of hydrogen-bond donors (Lipinski definition) is 0. The molecule has 0 aliphatic carbocycles. The Morgan fingerprint density at radius 1 is 0.952 bits per heavy atom. The number of anilines is 2. The third-order valence-electron chi connectivity index (χ3n) is 3.80. The minimum atomic E-state index is 0.490. The number of nitrogens with zero attached hydrogens (tertiary/aromatic N) is 5. The number of rotatable bonds is 2. The number of halogens is 1. The Morgan fingerprint density at radius 3 is 2.29 bits per heavy atom. The Morgan fingerprint density at radius 2 is 1.62 bits per heavy atom. The van der Waals surface area contributed by atoms with E-state index in [2.05, 4.69) is 24.8 Å². The maximum atomic E-state index is 6.25. The van der Waals surface area contributed by atoms with Crippen molar-refractivity contribution in [3.8, 4) is 0 Å². The lowest BCUT2D eigenvalue weighted by Gasteiger charge is -2.36. The van der Waals surface area contributed by atoms with Crippen LogP contribution in [-0.2, 0) is 0 Å². The zero-order valence-electron chi connectivity index (χ0n) is 12.3. The smallest absolute Gasteiger partial charge is 0.171 e. The zero-order valence-corrected chi connectivity index (χ0v) is 13.0. The molecule has 0 radical (unpaired) electrons. The SMILES string of the molecule is Cc1nc(Cl)c(N2CCN(c3ccccn3)CC2)nc1C. The summed E-state index contributed by atoms with van der Waals surface area (Å²) in [5.41, 5.74) is 1.82. The van der Waals surface area contributed by atoms with E-state index in [1.54, 1.807) is 0 Å². The van der Waals surface area contributed by atoms with Gasteiger partial charge < -0.3 is 9.80 Å². The first-order valence-corrected chi connectivity index (χ1v) is 7.44. The van der Waals surface area contributed by atoms with Gasteiger partial charge in [-0.15, -0.1) is 0 Å². The fraction of sp³-hybridized carbons (Fsp3) is 0.400. The summed E-state index contributed by atoms with van der Waals surface area (Å²) < 4.78 is 0. The highest BCUT2D eigenvalue weighted by molar-refractivity contribution is 6.31. The lowest BCUT2D eigenvalue weighted by Crippen LogP contribution is -2.47. The van der Waals surface area contributed by atoms with Crippen LogP contribution in [0.25, 0.3) is 0 Å². The number of pyridine rings is 1. The minimum absolute atomic E-state index is 0.490. The van der Waals surface area contributed by atoms with Crippen molar-refractivity contribution in [3.63, 3.8) is 0 Å². The van der Waals surface area contributed by atoms with E-state index in [0.29, 0.717) is 5.15 Å². The molecule has 1 aliphatic heterocycles. The maximum Gasteiger partial charge on any atom is 0.171 e. The zero-order chi connectivity index (χ0) is 14.8. The van der Waals surface area contributed by atoms with Crippen molar-refractivity contribution in [2.75, 3.05) is 36.0 Å². The molecule has 2 aromatic rings. The molecule has 1 aliphatic rings. The molecule has 3 heterocycles. The normalized spacial score (nSPS) is 15.4. The molecule has 0 amide bonds. The van der Waals surface area contributed by atoms with Gasteiger partial charge in [-0.1, -0.05) is 17.7 Å². The predicted octanol–water partition coefficient (Wildman–Crippen LogP) is 2.47. The average Bonchev–Trinajstić information content (AvgIpc) is 2.52. The number of aromatic nitrogens is 3. The molecule has 0 spiro atoms. The first-order valence-electron chi connectivity index (χ1n) is 7.07. The van der Waals surface area contributed by atoms with Gasteiger partial charge in [-0.3, -0.25) is 0 Å². The number of piperazine rings is 1. The molecule has 0 atom stereocenters. The van der Waals surface area contributed by atoms with Crippen LogP contribution < -0.4 is 9.80 Å². The summed E-state index contributed by atoms with van der Waals surface area (Å²) >= 11 is 6.25. The molecule has 2 aromatic heterocycles. The molecular formula is C15H18ClN5. The Kier molecular flexibility index (Phi) is 3.92. The molecule has 6 heteroatoms. The molecule has 5 nitrogen and oxygen atoms in total. The summed E-state index contributed by atoms with van der Waals surface area (Å²) in [6, 6.07) is 5.99. The molecule has 21 heavy (non-hydrogen) atoms. The second-order valence-electron chi connectivity index (χ2n) is 5.17. The second kappa shape index (κ2) is 5.85. The number of hydrogen-bond acceptors (Lipinski definition) is 5. The van der Waals surface area contributed by atoms with E-state index in [1.807, 2.05) is 38.2 Å². The lowest BCUT2D eigenvalue weighted by molar-refractivity contribution is 0.639. The first kappa shape index (κ1) is 14.1. The Labute approximate surface area is 129 Å². The standard InChI is InChI=1S/C15H18ClN5/c1-11-12(2)19-15(14(16)18-11)21-9-7-20(8-10-21)13-5-3-4-6-17-13/h3-6H,7-10H2,1-2H3. The summed E-state index contributed by atoms with van der Waals surface area (Å²) in [4.78, 5) is 17.8. The van der Waals surface area contributed by atoms with Crippen molar-refractivity contribution in [1.29, 1.82) is 0 Å². The van der Waals surface area contributed by atoms with Gasteiger partial charge in [0, 0.05) is 32.4 Å². The first-order chi connectivity index (χ1) is 10.1. The third-order valence-corrected chi connectivity index (χ3v) is 4.05. The van der Waals surface area contributed by atoms with E-state index >= 15 is 0 Å². The van der Waals surface area contributed by atoms with Gasteiger partial charge in [-0.25, -0.2) is 15.0 Å². The molecule has 0 saturated carbocycles. The van der Waals surface area contributed by atoms with Gasteiger partial charge in [0.1, 0.15) is 5.82 Å². The van der Waals surface area contributed by atoms with Crippen LogP contribution in [0.5, 0.6) is 0 Å². The maximum absolute atomic E-state index is 6.25. The van der Waals surface area contributed by atoms with E-state index in [1.165, 1.54) is 0 Å². The van der Waals surface area contributed by atoms with Gasteiger partial charge in [-0.2, -0.15) is 0 Å². The second-order valence-corrected chi connectivity index (χ2v) is 5.53. The molecule has 3 rings (SSSR count). The van der Waals surface area contributed by atoms with Crippen molar-refractivity contribution in [1.82, 2.24) is 15.0 Å². The Bertz CT molecular complexity index is 623. The van der Waals surface area contributed by atoms with Gasteiger partial charge in [-0.05, 0) is 26.0 Å². The van der Waals surface area contributed by atoms with Crippen LogP contribution in [0.2, 0.25) is 5.15 Å². The number of aryl methyl sites for hydroxylation is 2. The average molecular weight is 304 g/mol. The lowest BCUT2D eigenvalue weighted by atomic mass is 10.3. The van der Waals surface area contributed by atoms with Crippen LogP contribution in [-0.4, -0.2) is 41.1 Å². The highest BCUT2D eigenvalue weighted by Gasteiger charge is 2.21. The van der Waals surface area contributed by atoms with E-state index in [0.717, 1.165) is 49.2 Å². The van der Waals surface area contributed by atoms with Crippen LogP contribution in [0.1, 0.15) is 11.4 Å². The van der Waals surface area contributed by atoms with Crippen LogP contribution >= 0.6 is 11.6 Å². The molecule has 0 unspecified atom stereocenters. The van der Waals surface area contributed by atoms with Gasteiger partial charge in [0.25, 0.3) is 0 Å². The van der Waals surface area contributed by atoms with Crippen molar-refractivity contribution in [3.05, 3.63) is 40.9 Å². The summed E-state index contributed by atoms with van der Waals surface area (Å²) in [6.45, 7) is 7.44. The van der Waals surface area contributed by atoms with Crippen molar-refractivity contribution >= 4 is 23.2 Å². The van der Waals surface area contributed by atoms with Gasteiger partial charge in [0.2, 0.25) is 0 Å². The largest absolute Gasteiger partial charge is 0.353 e. The summed E-state index contributed by atoms with van der Waals surface area (Å²) in [5, 5.41) is 0.490. The fourth-order valence-electron chi connectivity index (χ4n) is 2.45. The third kappa shape index (κ3) is 2.93. The summed E-state index contributed by atoms with van der Waals surface area (Å²) in [7, 11) is 0. The Hall–Kier alpha value is -1.88. The summed E-state index contributed by atoms with van der Waals surface area (Å²) in [6.07, 6.45) is 1.83. The van der Waals surface area contributed by atoms with Gasteiger partial charge >= 0.3 is 0 Å². The predicted molar refractivity (Wildman–Crippen MR) is 85.2 cm³/mol. The van der Waals surface area contributed by atoms with E-state index < -0.39 is 0 Å². The molecule has 1 saturated heterocycles. The summed E-state index contributed by atoms with van der Waals surface area (Å²) in [5.74, 6) is 1.81. The molecule has 0 N–H and O–H groups in total. The highest BCUT2D eigenvalue weighted by Crippen LogP contribution is 2.24. The fourth-order valence-corrected chi connectivity index (χ4v) is 2.74. The molecule has 110 valence electrons. The topological polar surface area (TPSA) is 45.2 Å². The van der Waals surface area contributed by atoms with Crippen LogP contribution in [0.4, 0.5) is 11.6 Å². The van der Waals surface area contributed by atoms with Crippen molar-refractivity contribution in [2.45, 2.75) is 13.8 Å². The quantitative estimate of drug-likeness (QED) is 0.853. The monoisotopic (exact) mass is 303 g/mol. The molecule has 1 fully saturated rings. The van der Waals surface area contributed by atoms with E-state index in [4.69, 9.17) is 11.6 Å².